The van der Waals surface area contributed by atoms with Crippen molar-refractivity contribution in [2.75, 3.05) is 13.1 Å². The molecule has 1 saturated heterocycles. The maximum Gasteiger partial charge on any atom is 0.248 e. The normalized spacial score (nSPS) is 15.8. The molecular formula is C17H19N3O. The third-order valence-corrected chi connectivity index (χ3v) is 4.02. The molecule has 0 unspecified atom stereocenters. The second-order valence-corrected chi connectivity index (χ2v) is 5.44. The van der Waals surface area contributed by atoms with Gasteiger partial charge >= 0.3 is 0 Å². The molecule has 0 radical (unpaired) electrons. The Bertz CT molecular complexity index is 648. The van der Waals surface area contributed by atoms with Crippen LogP contribution in [0.5, 0.6) is 0 Å². The van der Waals surface area contributed by atoms with Gasteiger partial charge in [-0.25, -0.2) is 0 Å². The van der Waals surface area contributed by atoms with E-state index < -0.39 is 5.91 Å². The number of piperidine rings is 1. The summed E-state index contributed by atoms with van der Waals surface area (Å²) in [4.78, 5) is 15.8. The lowest BCUT2D eigenvalue weighted by Crippen LogP contribution is -2.27. The number of benzene rings is 1. The summed E-state index contributed by atoms with van der Waals surface area (Å²) in [6.07, 6.45) is 4.10. The highest BCUT2D eigenvalue weighted by atomic mass is 16.1. The summed E-state index contributed by atoms with van der Waals surface area (Å²) in [5.74, 6) is 0.120. The molecule has 0 spiro atoms. The van der Waals surface area contributed by atoms with Crippen molar-refractivity contribution in [2.45, 2.75) is 18.8 Å². The predicted molar refractivity (Wildman–Crippen MR) is 83.0 cm³/mol. The van der Waals surface area contributed by atoms with Crippen LogP contribution < -0.4 is 11.1 Å². The van der Waals surface area contributed by atoms with Crippen LogP contribution in [0.1, 0.15) is 34.8 Å². The molecule has 0 bridgehead atoms. The molecule has 1 aliphatic heterocycles. The number of carbonyl (C=O) groups excluding carboxylic acids is 1. The van der Waals surface area contributed by atoms with Crippen molar-refractivity contribution in [3.05, 3.63) is 53.9 Å². The second-order valence-electron chi connectivity index (χ2n) is 5.44. The van der Waals surface area contributed by atoms with Crippen LogP contribution in [0.3, 0.4) is 0 Å². The summed E-state index contributed by atoms with van der Waals surface area (Å²) >= 11 is 0. The zero-order valence-corrected chi connectivity index (χ0v) is 11.9. The minimum absolute atomic E-state index is 0.399. The van der Waals surface area contributed by atoms with Crippen LogP contribution in [-0.2, 0) is 0 Å². The van der Waals surface area contributed by atoms with Gasteiger partial charge in [0.2, 0.25) is 5.91 Å². The Labute approximate surface area is 124 Å². The van der Waals surface area contributed by atoms with E-state index in [1.165, 1.54) is 0 Å². The topological polar surface area (TPSA) is 68.0 Å². The van der Waals surface area contributed by atoms with E-state index in [2.05, 4.69) is 16.4 Å². The largest absolute Gasteiger partial charge is 0.366 e. The zero-order valence-electron chi connectivity index (χ0n) is 11.9. The smallest absolute Gasteiger partial charge is 0.248 e. The molecular weight excluding hydrogens is 262 g/mol. The Balaban J connectivity index is 1.92. The molecule has 1 aliphatic rings. The van der Waals surface area contributed by atoms with Crippen LogP contribution >= 0.6 is 0 Å². The van der Waals surface area contributed by atoms with Gasteiger partial charge in [-0.05, 0) is 61.3 Å². The van der Waals surface area contributed by atoms with Gasteiger partial charge in [-0.15, -0.1) is 0 Å². The number of pyridine rings is 1. The van der Waals surface area contributed by atoms with Crippen molar-refractivity contribution in [1.29, 1.82) is 0 Å². The van der Waals surface area contributed by atoms with Crippen LogP contribution in [0.15, 0.2) is 42.6 Å². The summed E-state index contributed by atoms with van der Waals surface area (Å²) < 4.78 is 0. The molecule has 2 aromatic rings. The summed E-state index contributed by atoms with van der Waals surface area (Å²) in [6, 6.07) is 11.5. The van der Waals surface area contributed by atoms with Gasteiger partial charge in [0, 0.05) is 23.4 Å². The first-order valence-electron chi connectivity index (χ1n) is 7.31. The Morgan fingerprint density at radius 3 is 2.67 bits per heavy atom. The third-order valence-electron chi connectivity index (χ3n) is 4.02. The number of primary amides is 1. The number of aromatic nitrogens is 1. The fourth-order valence-corrected chi connectivity index (χ4v) is 2.82. The van der Waals surface area contributed by atoms with Crippen molar-refractivity contribution in [3.63, 3.8) is 0 Å². The molecule has 3 N–H and O–H groups in total. The summed E-state index contributed by atoms with van der Waals surface area (Å²) in [7, 11) is 0. The van der Waals surface area contributed by atoms with Crippen molar-refractivity contribution >= 4 is 5.91 Å². The van der Waals surface area contributed by atoms with E-state index in [1.807, 2.05) is 30.5 Å². The first kappa shape index (κ1) is 13.8. The van der Waals surface area contributed by atoms with E-state index in [1.54, 1.807) is 6.07 Å². The molecule has 2 heterocycles. The number of nitrogens with zero attached hydrogens (tertiary/aromatic N) is 1. The number of nitrogens with two attached hydrogens (primary N) is 1. The molecule has 0 saturated carbocycles. The number of amides is 1. The predicted octanol–water partition coefficient (Wildman–Crippen LogP) is 2.31. The molecule has 1 aromatic heterocycles. The van der Waals surface area contributed by atoms with Crippen molar-refractivity contribution in [3.8, 4) is 11.1 Å². The Kier molecular flexibility index (Phi) is 3.97. The van der Waals surface area contributed by atoms with Gasteiger partial charge in [-0.1, -0.05) is 12.1 Å². The molecule has 108 valence electrons. The maximum atomic E-state index is 11.3. The van der Waals surface area contributed by atoms with Crippen LogP contribution in [0.4, 0.5) is 0 Å². The molecule has 1 amide bonds. The first-order chi connectivity index (χ1) is 10.2. The van der Waals surface area contributed by atoms with Gasteiger partial charge in [0.05, 0.1) is 0 Å². The molecule has 0 atom stereocenters. The van der Waals surface area contributed by atoms with E-state index in [-0.39, 0.29) is 0 Å². The second kappa shape index (κ2) is 6.06. The summed E-state index contributed by atoms with van der Waals surface area (Å²) in [5, 5.41) is 3.37. The van der Waals surface area contributed by atoms with Gasteiger partial charge in [0.1, 0.15) is 0 Å². The van der Waals surface area contributed by atoms with E-state index in [0.717, 1.165) is 42.8 Å². The highest BCUT2D eigenvalue weighted by molar-refractivity contribution is 5.94. The lowest BCUT2D eigenvalue weighted by Gasteiger charge is -2.22. The van der Waals surface area contributed by atoms with Crippen LogP contribution in [-0.4, -0.2) is 24.0 Å². The number of nitrogens with one attached hydrogen (secondary N) is 1. The fraction of sp³-hybridized carbons (Fsp3) is 0.294. The van der Waals surface area contributed by atoms with Crippen molar-refractivity contribution < 1.29 is 4.79 Å². The number of rotatable bonds is 3. The Morgan fingerprint density at radius 1 is 1.14 bits per heavy atom. The van der Waals surface area contributed by atoms with Crippen molar-refractivity contribution in [2.24, 2.45) is 5.73 Å². The summed E-state index contributed by atoms with van der Waals surface area (Å²) in [5.41, 5.74) is 9.11. The highest BCUT2D eigenvalue weighted by Crippen LogP contribution is 2.27. The highest BCUT2D eigenvalue weighted by Gasteiger charge is 2.16. The van der Waals surface area contributed by atoms with E-state index in [4.69, 9.17) is 5.73 Å². The first-order valence-corrected chi connectivity index (χ1v) is 7.31. The van der Waals surface area contributed by atoms with Gasteiger partial charge < -0.3 is 11.1 Å². The van der Waals surface area contributed by atoms with Gasteiger partial charge in [-0.2, -0.15) is 0 Å². The quantitative estimate of drug-likeness (QED) is 0.907. The number of carbonyl (C=O) groups is 1. The minimum Gasteiger partial charge on any atom is -0.366 e. The summed E-state index contributed by atoms with van der Waals surface area (Å²) in [6.45, 7) is 2.10. The molecule has 21 heavy (non-hydrogen) atoms. The number of hydrogen-bond donors (Lipinski definition) is 2. The van der Waals surface area contributed by atoms with Crippen LogP contribution in [0, 0.1) is 0 Å². The Morgan fingerprint density at radius 2 is 1.90 bits per heavy atom. The molecule has 3 rings (SSSR count). The monoisotopic (exact) mass is 281 g/mol. The average molecular weight is 281 g/mol. The van der Waals surface area contributed by atoms with Gasteiger partial charge in [0.15, 0.2) is 0 Å². The lowest BCUT2D eigenvalue weighted by molar-refractivity contribution is 0.100. The molecule has 0 aliphatic carbocycles. The van der Waals surface area contributed by atoms with Gasteiger partial charge in [-0.3, -0.25) is 9.78 Å². The molecule has 4 heteroatoms. The fourth-order valence-electron chi connectivity index (χ4n) is 2.82. The Hall–Kier alpha value is -2.20. The van der Waals surface area contributed by atoms with Crippen molar-refractivity contribution in [1.82, 2.24) is 10.3 Å². The zero-order chi connectivity index (χ0) is 14.7. The number of hydrogen-bond acceptors (Lipinski definition) is 3. The average Bonchev–Trinajstić information content (AvgIpc) is 2.56. The standard InChI is InChI=1S/C17H19N3O/c18-17(21)15-3-1-2-13(10-15)14-6-9-20-16(11-14)12-4-7-19-8-5-12/h1-3,6,9-12,19H,4-5,7-8H2,(H2,18,21). The third kappa shape index (κ3) is 3.11. The maximum absolute atomic E-state index is 11.3. The van der Waals surface area contributed by atoms with Crippen LogP contribution in [0.25, 0.3) is 11.1 Å². The van der Waals surface area contributed by atoms with Crippen LogP contribution in [0.2, 0.25) is 0 Å². The molecule has 4 nitrogen and oxygen atoms in total. The van der Waals surface area contributed by atoms with Gasteiger partial charge in [0.25, 0.3) is 0 Å². The molecule has 1 aromatic carbocycles. The molecule has 1 fully saturated rings. The SMILES string of the molecule is NC(=O)c1cccc(-c2ccnc(C3CCNCC3)c2)c1. The van der Waals surface area contributed by atoms with E-state index in [0.29, 0.717) is 11.5 Å². The van der Waals surface area contributed by atoms with E-state index in [9.17, 15) is 4.79 Å². The minimum atomic E-state index is -0.399. The lowest BCUT2D eigenvalue weighted by atomic mass is 9.92. The van der Waals surface area contributed by atoms with E-state index >= 15 is 0 Å².